The van der Waals surface area contributed by atoms with Gasteiger partial charge in [0, 0.05) is 23.3 Å². The van der Waals surface area contributed by atoms with E-state index in [1.54, 1.807) is 0 Å². The second-order valence-electron chi connectivity index (χ2n) is 5.96. The molecule has 0 fully saturated rings. The van der Waals surface area contributed by atoms with Gasteiger partial charge < -0.3 is 10.6 Å². The molecule has 0 spiro atoms. The SMILES string of the molecule is CCCNCc1c(C)cc(C)nc1NC(C)(C)C. The number of hydrogen-bond acceptors (Lipinski definition) is 3. The predicted octanol–water partition coefficient (Wildman–Crippen LogP) is 3.41. The number of anilines is 1. The molecule has 1 aromatic heterocycles. The second kappa shape index (κ2) is 6.19. The van der Waals surface area contributed by atoms with E-state index in [1.807, 2.05) is 6.92 Å². The average Bonchev–Trinajstić information content (AvgIpc) is 2.19. The minimum Gasteiger partial charge on any atom is -0.365 e. The first-order valence-electron chi connectivity index (χ1n) is 6.79. The lowest BCUT2D eigenvalue weighted by Gasteiger charge is -2.24. The molecule has 2 N–H and O–H groups in total. The molecule has 0 aliphatic carbocycles. The van der Waals surface area contributed by atoms with Gasteiger partial charge in [0.1, 0.15) is 5.82 Å². The standard InChI is InChI=1S/C15H27N3/c1-7-8-16-10-13-11(2)9-12(3)17-14(13)18-15(4,5)6/h9,16H,7-8,10H2,1-6H3,(H,17,18). The van der Waals surface area contributed by atoms with E-state index in [9.17, 15) is 0 Å². The monoisotopic (exact) mass is 249 g/mol. The summed E-state index contributed by atoms with van der Waals surface area (Å²) in [5.74, 6) is 1.02. The normalized spacial score (nSPS) is 11.7. The van der Waals surface area contributed by atoms with Crippen LogP contribution >= 0.6 is 0 Å². The highest BCUT2D eigenvalue weighted by molar-refractivity contribution is 5.50. The molecule has 102 valence electrons. The average molecular weight is 249 g/mol. The third-order valence-corrected chi connectivity index (χ3v) is 2.70. The summed E-state index contributed by atoms with van der Waals surface area (Å²) in [6.07, 6.45) is 1.15. The van der Waals surface area contributed by atoms with Crippen LogP contribution in [0, 0.1) is 13.8 Å². The van der Waals surface area contributed by atoms with Crippen molar-refractivity contribution in [2.24, 2.45) is 0 Å². The van der Waals surface area contributed by atoms with Crippen LogP contribution in [0.1, 0.15) is 50.9 Å². The number of rotatable bonds is 5. The summed E-state index contributed by atoms with van der Waals surface area (Å²) >= 11 is 0. The molecule has 0 saturated heterocycles. The molecule has 3 nitrogen and oxygen atoms in total. The largest absolute Gasteiger partial charge is 0.365 e. The zero-order chi connectivity index (χ0) is 13.8. The number of pyridine rings is 1. The van der Waals surface area contributed by atoms with Gasteiger partial charge in [0.05, 0.1) is 0 Å². The highest BCUT2D eigenvalue weighted by Crippen LogP contribution is 2.21. The van der Waals surface area contributed by atoms with Gasteiger partial charge in [-0.1, -0.05) is 6.92 Å². The van der Waals surface area contributed by atoms with Crippen molar-refractivity contribution in [3.05, 3.63) is 22.9 Å². The fourth-order valence-electron chi connectivity index (χ4n) is 1.94. The molecule has 0 amide bonds. The molecule has 1 heterocycles. The third-order valence-electron chi connectivity index (χ3n) is 2.70. The van der Waals surface area contributed by atoms with Crippen LogP contribution in [0.5, 0.6) is 0 Å². The lowest BCUT2D eigenvalue weighted by Crippen LogP contribution is -2.28. The number of aryl methyl sites for hydroxylation is 2. The molecular weight excluding hydrogens is 222 g/mol. The second-order valence-corrected chi connectivity index (χ2v) is 5.96. The summed E-state index contributed by atoms with van der Waals surface area (Å²) in [5.41, 5.74) is 3.69. The Kier molecular flexibility index (Phi) is 5.15. The molecular formula is C15H27N3. The van der Waals surface area contributed by atoms with Crippen molar-refractivity contribution in [3.63, 3.8) is 0 Å². The molecule has 0 saturated carbocycles. The van der Waals surface area contributed by atoms with Crippen LogP contribution in [0.15, 0.2) is 6.07 Å². The van der Waals surface area contributed by atoms with Gasteiger partial charge >= 0.3 is 0 Å². The summed E-state index contributed by atoms with van der Waals surface area (Å²) in [7, 11) is 0. The van der Waals surface area contributed by atoms with Crippen LogP contribution in [-0.2, 0) is 6.54 Å². The van der Waals surface area contributed by atoms with Crippen LogP contribution in [0.2, 0.25) is 0 Å². The quantitative estimate of drug-likeness (QED) is 0.785. The van der Waals surface area contributed by atoms with Crippen LogP contribution in [0.25, 0.3) is 0 Å². The molecule has 0 radical (unpaired) electrons. The molecule has 1 rings (SSSR count). The molecule has 18 heavy (non-hydrogen) atoms. The van der Waals surface area contributed by atoms with Gasteiger partial charge in [0.2, 0.25) is 0 Å². The lowest BCUT2D eigenvalue weighted by atomic mass is 10.1. The smallest absolute Gasteiger partial charge is 0.131 e. The molecule has 0 aliphatic rings. The van der Waals surface area contributed by atoms with Crippen LogP contribution < -0.4 is 10.6 Å². The van der Waals surface area contributed by atoms with Crippen molar-refractivity contribution in [3.8, 4) is 0 Å². The zero-order valence-corrected chi connectivity index (χ0v) is 12.6. The van der Waals surface area contributed by atoms with E-state index in [4.69, 9.17) is 0 Å². The summed E-state index contributed by atoms with van der Waals surface area (Å²) in [6.45, 7) is 14.8. The Morgan fingerprint density at radius 2 is 1.89 bits per heavy atom. The molecule has 0 atom stereocenters. The highest BCUT2D eigenvalue weighted by atomic mass is 15.0. The van der Waals surface area contributed by atoms with E-state index in [1.165, 1.54) is 11.1 Å². The van der Waals surface area contributed by atoms with E-state index in [0.29, 0.717) is 0 Å². The number of hydrogen-bond donors (Lipinski definition) is 2. The number of aromatic nitrogens is 1. The Labute approximate surface area is 111 Å². The Balaban J connectivity index is 2.97. The zero-order valence-electron chi connectivity index (χ0n) is 12.6. The van der Waals surface area contributed by atoms with Gasteiger partial charge in [-0.15, -0.1) is 0 Å². The van der Waals surface area contributed by atoms with Crippen molar-refractivity contribution in [1.82, 2.24) is 10.3 Å². The summed E-state index contributed by atoms with van der Waals surface area (Å²) in [5, 5.41) is 6.97. The Morgan fingerprint density at radius 1 is 1.22 bits per heavy atom. The van der Waals surface area contributed by atoms with Gasteiger partial charge in [-0.2, -0.15) is 0 Å². The van der Waals surface area contributed by atoms with E-state index in [-0.39, 0.29) is 5.54 Å². The molecule has 3 heteroatoms. The van der Waals surface area contributed by atoms with Crippen molar-refractivity contribution in [2.75, 3.05) is 11.9 Å². The fraction of sp³-hybridized carbons (Fsp3) is 0.667. The third kappa shape index (κ3) is 4.65. The number of nitrogens with zero attached hydrogens (tertiary/aromatic N) is 1. The lowest BCUT2D eigenvalue weighted by molar-refractivity contribution is 0.622. The molecule has 1 aromatic rings. The van der Waals surface area contributed by atoms with Crippen LogP contribution in [0.4, 0.5) is 5.82 Å². The summed E-state index contributed by atoms with van der Waals surface area (Å²) < 4.78 is 0. The van der Waals surface area contributed by atoms with E-state index in [2.05, 4.69) is 56.3 Å². The van der Waals surface area contributed by atoms with Gasteiger partial charge in [0.15, 0.2) is 0 Å². The Morgan fingerprint density at radius 3 is 2.44 bits per heavy atom. The van der Waals surface area contributed by atoms with E-state index in [0.717, 1.165) is 31.0 Å². The Hall–Kier alpha value is -1.09. The summed E-state index contributed by atoms with van der Waals surface area (Å²) in [6, 6.07) is 2.15. The van der Waals surface area contributed by atoms with E-state index < -0.39 is 0 Å². The maximum Gasteiger partial charge on any atom is 0.131 e. The maximum atomic E-state index is 4.65. The molecule has 0 unspecified atom stereocenters. The first kappa shape index (κ1) is 15.0. The van der Waals surface area contributed by atoms with Crippen molar-refractivity contribution < 1.29 is 0 Å². The van der Waals surface area contributed by atoms with Crippen molar-refractivity contribution in [1.29, 1.82) is 0 Å². The van der Waals surface area contributed by atoms with Gasteiger partial charge in [-0.3, -0.25) is 0 Å². The van der Waals surface area contributed by atoms with Crippen molar-refractivity contribution >= 4 is 5.82 Å². The topological polar surface area (TPSA) is 37.0 Å². The first-order valence-corrected chi connectivity index (χ1v) is 6.79. The van der Waals surface area contributed by atoms with E-state index >= 15 is 0 Å². The van der Waals surface area contributed by atoms with Crippen LogP contribution in [0.3, 0.4) is 0 Å². The predicted molar refractivity (Wildman–Crippen MR) is 79.1 cm³/mol. The van der Waals surface area contributed by atoms with Gasteiger partial charge in [-0.05, 0) is 59.2 Å². The van der Waals surface area contributed by atoms with Crippen molar-refractivity contribution in [2.45, 2.75) is 60.0 Å². The summed E-state index contributed by atoms with van der Waals surface area (Å²) in [4.78, 5) is 4.65. The molecule has 0 aromatic carbocycles. The fourth-order valence-corrected chi connectivity index (χ4v) is 1.94. The minimum absolute atomic E-state index is 0.0345. The van der Waals surface area contributed by atoms with Crippen LogP contribution in [-0.4, -0.2) is 17.1 Å². The maximum absolute atomic E-state index is 4.65. The number of nitrogens with one attached hydrogen (secondary N) is 2. The molecule has 0 bridgehead atoms. The minimum atomic E-state index is 0.0345. The first-order chi connectivity index (χ1) is 8.33. The highest BCUT2D eigenvalue weighted by Gasteiger charge is 2.15. The Bertz CT molecular complexity index is 391. The van der Waals surface area contributed by atoms with Gasteiger partial charge in [0.25, 0.3) is 0 Å². The molecule has 0 aliphatic heterocycles. The van der Waals surface area contributed by atoms with Gasteiger partial charge in [-0.25, -0.2) is 4.98 Å².